The van der Waals surface area contributed by atoms with Crippen LogP contribution in [0.15, 0.2) is 18.2 Å². The molecule has 0 nitrogen and oxygen atoms in total. The monoisotopic (exact) mass is 192 g/mol. The molecule has 0 atom stereocenters. The minimum Gasteiger partial charge on any atom is -0.166 e. The maximum atomic E-state index is 12.2. The third-order valence-corrected chi connectivity index (χ3v) is 1.74. The summed E-state index contributed by atoms with van der Waals surface area (Å²) in [5.74, 6) is 0. The maximum absolute atomic E-state index is 12.2. The number of rotatable bonds is 0. The molecule has 0 heterocycles. The summed E-state index contributed by atoms with van der Waals surface area (Å²) < 4.78 is 36.5. The van der Waals surface area contributed by atoms with Crippen LogP contribution in [0.1, 0.15) is 5.56 Å². The molecule has 64 valence electrons. The van der Waals surface area contributed by atoms with Crippen LogP contribution in [0.4, 0.5) is 13.2 Å². The van der Waals surface area contributed by atoms with Crippen LogP contribution < -0.4 is 5.46 Å². The first-order valence-electron chi connectivity index (χ1n) is 3.24. The maximum Gasteiger partial charge on any atom is 0.415 e. The molecule has 0 saturated heterocycles. The normalized spacial score (nSPS) is 11.7. The Bertz CT molecular complexity index is 295. The Balaban J connectivity index is 3.23. The van der Waals surface area contributed by atoms with E-state index < -0.39 is 11.7 Å². The van der Waals surface area contributed by atoms with E-state index in [-0.39, 0.29) is 10.5 Å². The van der Waals surface area contributed by atoms with Crippen molar-refractivity contribution in [3.8, 4) is 0 Å². The van der Waals surface area contributed by atoms with Gasteiger partial charge in [-0.1, -0.05) is 23.1 Å². The van der Waals surface area contributed by atoms with Crippen LogP contribution in [0.2, 0.25) is 5.02 Å². The van der Waals surface area contributed by atoms with E-state index in [2.05, 4.69) is 0 Å². The van der Waals surface area contributed by atoms with Crippen molar-refractivity contribution in [3.05, 3.63) is 28.8 Å². The Morgan fingerprint density at radius 2 is 1.83 bits per heavy atom. The lowest BCUT2D eigenvalue weighted by atomic mass is 9.90. The van der Waals surface area contributed by atoms with Gasteiger partial charge in [-0.25, -0.2) is 0 Å². The molecule has 0 unspecified atom stereocenters. The molecule has 0 aromatic heterocycles. The highest BCUT2D eigenvalue weighted by Crippen LogP contribution is 2.28. The molecule has 1 aromatic carbocycles. The first-order valence-corrected chi connectivity index (χ1v) is 3.62. The van der Waals surface area contributed by atoms with Gasteiger partial charge in [0.25, 0.3) is 0 Å². The van der Waals surface area contributed by atoms with E-state index in [1.807, 2.05) is 0 Å². The number of hydrogen-bond donors (Lipinski definition) is 0. The van der Waals surface area contributed by atoms with Gasteiger partial charge in [0.1, 0.15) is 7.85 Å². The third-order valence-electron chi connectivity index (χ3n) is 1.51. The molecule has 12 heavy (non-hydrogen) atoms. The Hall–Kier alpha value is -0.635. The van der Waals surface area contributed by atoms with Gasteiger partial charge in [0.15, 0.2) is 0 Å². The zero-order valence-corrected chi connectivity index (χ0v) is 7.00. The van der Waals surface area contributed by atoms with Gasteiger partial charge in [-0.15, -0.1) is 0 Å². The van der Waals surface area contributed by atoms with E-state index in [9.17, 15) is 13.2 Å². The highest BCUT2D eigenvalue weighted by Gasteiger charge is 2.31. The highest BCUT2D eigenvalue weighted by molar-refractivity contribution is 6.35. The van der Waals surface area contributed by atoms with Crippen LogP contribution in [0, 0.1) is 0 Å². The van der Waals surface area contributed by atoms with Crippen LogP contribution in [0.5, 0.6) is 0 Å². The summed E-state index contributed by atoms with van der Waals surface area (Å²) in [4.78, 5) is 0. The van der Waals surface area contributed by atoms with Gasteiger partial charge < -0.3 is 0 Å². The minimum atomic E-state index is -4.31. The molecule has 0 aliphatic carbocycles. The lowest BCUT2D eigenvalue weighted by Crippen LogP contribution is -2.19. The molecule has 1 aromatic rings. The fraction of sp³-hybridized carbons (Fsp3) is 0.143. The molecule has 0 spiro atoms. The third kappa shape index (κ3) is 1.94. The molecule has 0 fully saturated rings. The average Bonchev–Trinajstić information content (AvgIpc) is 1.92. The summed E-state index contributed by atoms with van der Waals surface area (Å²) in [6.45, 7) is 0. The van der Waals surface area contributed by atoms with Crippen molar-refractivity contribution in [1.29, 1.82) is 0 Å². The van der Waals surface area contributed by atoms with Crippen molar-refractivity contribution >= 4 is 24.9 Å². The molecule has 0 amide bonds. The van der Waals surface area contributed by atoms with Crippen LogP contribution in [0.3, 0.4) is 0 Å². The standard InChI is InChI=1S/C7H5BClF3/c8-6-2-1-4(9)3-5(6)7(10,11)12/h1-3H,8H2. The van der Waals surface area contributed by atoms with E-state index in [1.54, 1.807) is 0 Å². The van der Waals surface area contributed by atoms with Gasteiger partial charge in [-0.05, 0) is 12.1 Å². The second-order valence-corrected chi connectivity index (χ2v) is 2.89. The molecular formula is C7H5BClF3. The summed E-state index contributed by atoms with van der Waals surface area (Å²) in [6, 6.07) is 3.72. The molecule has 0 aliphatic heterocycles. The van der Waals surface area contributed by atoms with Crippen molar-refractivity contribution in [1.82, 2.24) is 0 Å². The highest BCUT2D eigenvalue weighted by atomic mass is 35.5. The van der Waals surface area contributed by atoms with E-state index in [0.29, 0.717) is 0 Å². The zero-order chi connectivity index (χ0) is 9.35. The van der Waals surface area contributed by atoms with Crippen LogP contribution in [-0.2, 0) is 6.18 Å². The van der Waals surface area contributed by atoms with Gasteiger partial charge in [0.05, 0.1) is 5.56 Å². The van der Waals surface area contributed by atoms with Gasteiger partial charge in [-0.3, -0.25) is 0 Å². The predicted molar refractivity (Wildman–Crippen MR) is 44.6 cm³/mol. The Labute approximate surface area is 73.7 Å². The SMILES string of the molecule is Bc1ccc(Cl)cc1C(F)(F)F. The van der Waals surface area contributed by atoms with E-state index in [1.165, 1.54) is 20.0 Å². The molecule has 0 saturated carbocycles. The topological polar surface area (TPSA) is 0 Å². The minimum absolute atomic E-state index is 0.105. The first kappa shape index (κ1) is 9.45. The lowest BCUT2D eigenvalue weighted by molar-refractivity contribution is -0.136. The molecule has 0 aliphatic rings. The summed E-state index contributed by atoms with van der Waals surface area (Å²) >= 11 is 5.42. The van der Waals surface area contributed by atoms with Gasteiger partial charge >= 0.3 is 6.18 Å². The van der Waals surface area contributed by atoms with Crippen molar-refractivity contribution in [2.45, 2.75) is 6.18 Å². The van der Waals surface area contributed by atoms with E-state index in [4.69, 9.17) is 11.6 Å². The smallest absolute Gasteiger partial charge is 0.166 e. The quantitative estimate of drug-likeness (QED) is 0.548. The number of hydrogen-bond acceptors (Lipinski definition) is 0. The second-order valence-electron chi connectivity index (χ2n) is 2.46. The fourth-order valence-corrected chi connectivity index (χ4v) is 1.07. The predicted octanol–water partition coefficient (Wildman–Crippen LogP) is 1.62. The molecule has 5 heteroatoms. The second kappa shape index (κ2) is 3.01. The molecule has 0 radical (unpaired) electrons. The lowest BCUT2D eigenvalue weighted by Gasteiger charge is -2.09. The Morgan fingerprint density at radius 1 is 1.25 bits per heavy atom. The van der Waals surface area contributed by atoms with Crippen molar-refractivity contribution in [2.24, 2.45) is 0 Å². The van der Waals surface area contributed by atoms with Crippen LogP contribution in [-0.4, -0.2) is 7.85 Å². The van der Waals surface area contributed by atoms with Crippen molar-refractivity contribution < 1.29 is 13.2 Å². The average molecular weight is 192 g/mol. The Kier molecular flexibility index (Phi) is 2.37. The summed E-state index contributed by atoms with van der Waals surface area (Å²) in [6.07, 6.45) is -4.31. The fourth-order valence-electron chi connectivity index (χ4n) is 0.900. The van der Waals surface area contributed by atoms with Gasteiger partial charge in [0.2, 0.25) is 0 Å². The molecular weight excluding hydrogens is 187 g/mol. The number of benzene rings is 1. The Morgan fingerprint density at radius 3 is 2.25 bits per heavy atom. The molecule has 0 N–H and O–H groups in total. The number of halogens is 4. The van der Waals surface area contributed by atoms with Crippen molar-refractivity contribution in [2.75, 3.05) is 0 Å². The summed E-state index contributed by atoms with van der Waals surface area (Å²) in [5, 5.41) is 0.105. The van der Waals surface area contributed by atoms with Gasteiger partial charge in [-0.2, -0.15) is 13.2 Å². The molecule has 1 rings (SSSR count). The van der Waals surface area contributed by atoms with E-state index >= 15 is 0 Å². The summed E-state index contributed by atoms with van der Waals surface area (Å²) in [5.41, 5.74) is -0.484. The van der Waals surface area contributed by atoms with E-state index in [0.717, 1.165) is 6.07 Å². The molecule has 0 bridgehead atoms. The van der Waals surface area contributed by atoms with Gasteiger partial charge in [0, 0.05) is 5.02 Å². The first-order chi connectivity index (χ1) is 5.41. The largest absolute Gasteiger partial charge is 0.415 e. The number of alkyl halides is 3. The summed E-state index contributed by atoms with van der Waals surface area (Å²) in [7, 11) is 1.40. The van der Waals surface area contributed by atoms with Crippen LogP contribution in [0.25, 0.3) is 0 Å². The zero-order valence-electron chi connectivity index (χ0n) is 6.24. The van der Waals surface area contributed by atoms with Crippen molar-refractivity contribution in [3.63, 3.8) is 0 Å². The van der Waals surface area contributed by atoms with Crippen LogP contribution >= 0.6 is 11.6 Å².